The molecule has 2 N–H and O–H groups in total. The molecule has 1 aliphatic heterocycles. The zero-order valence-electron chi connectivity index (χ0n) is 11.6. The molecule has 1 fully saturated rings. The van der Waals surface area contributed by atoms with Crippen LogP contribution in [0.15, 0.2) is 0 Å². The van der Waals surface area contributed by atoms with Crippen molar-refractivity contribution in [2.24, 2.45) is 11.7 Å². The third kappa shape index (κ3) is 3.68. The van der Waals surface area contributed by atoms with E-state index >= 15 is 0 Å². The summed E-state index contributed by atoms with van der Waals surface area (Å²) in [6, 6.07) is 0.0132. The third-order valence-electron chi connectivity index (χ3n) is 3.90. The molecule has 1 atom stereocenters. The molecule has 4 heteroatoms. The van der Waals surface area contributed by atoms with Crippen molar-refractivity contribution in [1.29, 1.82) is 0 Å². The molecule has 0 bridgehead atoms. The minimum atomic E-state index is -0.357. The van der Waals surface area contributed by atoms with Gasteiger partial charge in [-0.1, -0.05) is 20.8 Å². The quantitative estimate of drug-likeness (QED) is 0.796. The second-order valence-corrected chi connectivity index (χ2v) is 5.38. The van der Waals surface area contributed by atoms with Crippen LogP contribution in [0.1, 0.15) is 33.6 Å². The molecule has 100 valence electrons. The normalized spacial score (nSPS) is 20.6. The van der Waals surface area contributed by atoms with Crippen LogP contribution < -0.4 is 5.73 Å². The molecule has 0 radical (unpaired) electrons. The zero-order valence-corrected chi connectivity index (χ0v) is 11.6. The summed E-state index contributed by atoms with van der Waals surface area (Å²) in [6.45, 7) is 9.47. The molecule has 1 amide bonds. The fraction of sp³-hybridized carbons (Fsp3) is 0.923. The van der Waals surface area contributed by atoms with Crippen molar-refractivity contribution >= 4 is 5.91 Å². The van der Waals surface area contributed by atoms with Gasteiger partial charge in [0, 0.05) is 26.2 Å². The number of piperidine rings is 1. The van der Waals surface area contributed by atoms with E-state index in [0.29, 0.717) is 6.04 Å². The van der Waals surface area contributed by atoms with Crippen LogP contribution in [0.25, 0.3) is 0 Å². The minimum Gasteiger partial charge on any atom is -0.341 e. The van der Waals surface area contributed by atoms with Crippen molar-refractivity contribution in [3.8, 4) is 0 Å². The molecule has 17 heavy (non-hydrogen) atoms. The maximum absolute atomic E-state index is 12.1. The molecule has 0 spiro atoms. The summed E-state index contributed by atoms with van der Waals surface area (Å²) < 4.78 is 0. The van der Waals surface area contributed by atoms with Crippen LogP contribution in [-0.2, 0) is 4.79 Å². The Hall–Kier alpha value is -0.610. The molecule has 1 unspecified atom stereocenters. The predicted molar refractivity (Wildman–Crippen MR) is 70.7 cm³/mol. The Balaban J connectivity index is 2.48. The molecular weight excluding hydrogens is 214 g/mol. The standard InChI is InChI=1S/C13H27N3O/c1-5-16-8-6-11(7-9-16)15(4)13(17)12(14)10(2)3/h10-12H,5-9,14H2,1-4H3. The lowest BCUT2D eigenvalue weighted by molar-refractivity contribution is -0.135. The van der Waals surface area contributed by atoms with Gasteiger partial charge in [0.15, 0.2) is 0 Å². The van der Waals surface area contributed by atoms with Gasteiger partial charge in [0.1, 0.15) is 0 Å². The van der Waals surface area contributed by atoms with Crippen LogP contribution in [0, 0.1) is 5.92 Å². The fourth-order valence-corrected chi connectivity index (χ4v) is 2.32. The summed E-state index contributed by atoms with van der Waals surface area (Å²) in [7, 11) is 1.90. The second-order valence-electron chi connectivity index (χ2n) is 5.38. The van der Waals surface area contributed by atoms with Crippen molar-refractivity contribution < 1.29 is 4.79 Å². The lowest BCUT2D eigenvalue weighted by atomic mass is 10.00. The molecule has 1 heterocycles. The van der Waals surface area contributed by atoms with E-state index in [9.17, 15) is 4.79 Å². The summed E-state index contributed by atoms with van der Waals surface area (Å²) in [5.74, 6) is 0.302. The number of amides is 1. The highest BCUT2D eigenvalue weighted by atomic mass is 16.2. The van der Waals surface area contributed by atoms with Gasteiger partial charge in [-0.05, 0) is 25.3 Å². The van der Waals surface area contributed by atoms with Crippen molar-refractivity contribution in [3.63, 3.8) is 0 Å². The number of likely N-dealkylation sites (tertiary alicyclic amines) is 1. The highest BCUT2D eigenvalue weighted by molar-refractivity contribution is 5.81. The van der Waals surface area contributed by atoms with E-state index in [4.69, 9.17) is 5.73 Å². The molecule has 0 aromatic rings. The third-order valence-corrected chi connectivity index (χ3v) is 3.90. The Morgan fingerprint density at radius 2 is 1.94 bits per heavy atom. The number of carbonyl (C=O) groups excluding carboxylic acids is 1. The number of nitrogens with zero attached hydrogens (tertiary/aromatic N) is 2. The predicted octanol–water partition coefficient (Wildman–Crippen LogP) is 0.912. The lowest BCUT2D eigenvalue weighted by Crippen LogP contribution is -2.51. The van der Waals surface area contributed by atoms with Crippen molar-refractivity contribution in [2.75, 3.05) is 26.7 Å². The Morgan fingerprint density at radius 1 is 1.41 bits per heavy atom. The smallest absolute Gasteiger partial charge is 0.239 e. The Morgan fingerprint density at radius 3 is 2.35 bits per heavy atom. The van der Waals surface area contributed by atoms with Gasteiger partial charge < -0.3 is 15.5 Å². The van der Waals surface area contributed by atoms with E-state index in [2.05, 4.69) is 11.8 Å². The van der Waals surface area contributed by atoms with E-state index in [1.807, 2.05) is 25.8 Å². The fourth-order valence-electron chi connectivity index (χ4n) is 2.32. The first-order chi connectivity index (χ1) is 7.97. The van der Waals surface area contributed by atoms with Crippen LogP contribution in [0.3, 0.4) is 0 Å². The average molecular weight is 241 g/mol. The molecule has 1 saturated heterocycles. The first-order valence-electron chi connectivity index (χ1n) is 6.72. The number of hydrogen-bond acceptors (Lipinski definition) is 3. The van der Waals surface area contributed by atoms with Gasteiger partial charge in [0.05, 0.1) is 6.04 Å². The van der Waals surface area contributed by atoms with E-state index in [1.165, 1.54) is 0 Å². The first kappa shape index (κ1) is 14.5. The van der Waals surface area contributed by atoms with Crippen LogP contribution in [-0.4, -0.2) is 54.5 Å². The molecule has 0 aromatic carbocycles. The topological polar surface area (TPSA) is 49.6 Å². The summed E-state index contributed by atoms with van der Waals surface area (Å²) in [5, 5.41) is 0. The van der Waals surface area contributed by atoms with E-state index in [-0.39, 0.29) is 17.9 Å². The largest absolute Gasteiger partial charge is 0.341 e. The number of hydrogen-bond donors (Lipinski definition) is 1. The van der Waals surface area contributed by atoms with Crippen molar-refractivity contribution in [3.05, 3.63) is 0 Å². The number of carbonyl (C=O) groups is 1. The van der Waals surface area contributed by atoms with Gasteiger partial charge >= 0.3 is 0 Å². The molecule has 1 rings (SSSR count). The van der Waals surface area contributed by atoms with Crippen molar-refractivity contribution in [2.45, 2.75) is 45.7 Å². The molecule has 0 aliphatic carbocycles. The van der Waals surface area contributed by atoms with Crippen LogP contribution in [0.4, 0.5) is 0 Å². The Kier molecular flexibility index (Phi) is 5.40. The van der Waals surface area contributed by atoms with Gasteiger partial charge in [-0.3, -0.25) is 4.79 Å². The van der Waals surface area contributed by atoms with Gasteiger partial charge in [-0.15, -0.1) is 0 Å². The van der Waals surface area contributed by atoms with E-state index < -0.39 is 0 Å². The summed E-state index contributed by atoms with van der Waals surface area (Å²) in [6.07, 6.45) is 2.14. The van der Waals surface area contributed by atoms with Crippen molar-refractivity contribution in [1.82, 2.24) is 9.80 Å². The minimum absolute atomic E-state index is 0.0925. The Labute approximate surface area is 105 Å². The molecule has 0 aromatic heterocycles. The number of likely N-dealkylation sites (N-methyl/N-ethyl adjacent to an activating group) is 1. The lowest BCUT2D eigenvalue weighted by Gasteiger charge is -2.37. The summed E-state index contributed by atoms with van der Waals surface area (Å²) in [5.41, 5.74) is 5.92. The summed E-state index contributed by atoms with van der Waals surface area (Å²) in [4.78, 5) is 16.4. The summed E-state index contributed by atoms with van der Waals surface area (Å²) >= 11 is 0. The first-order valence-corrected chi connectivity index (χ1v) is 6.72. The molecule has 0 saturated carbocycles. The number of nitrogens with two attached hydrogens (primary N) is 1. The van der Waals surface area contributed by atoms with Crippen LogP contribution in [0.5, 0.6) is 0 Å². The maximum Gasteiger partial charge on any atom is 0.239 e. The maximum atomic E-state index is 12.1. The highest BCUT2D eigenvalue weighted by Crippen LogP contribution is 2.16. The monoisotopic (exact) mass is 241 g/mol. The van der Waals surface area contributed by atoms with Crippen LogP contribution >= 0.6 is 0 Å². The molecular formula is C13H27N3O. The van der Waals surface area contributed by atoms with Gasteiger partial charge in [-0.2, -0.15) is 0 Å². The van der Waals surface area contributed by atoms with Gasteiger partial charge in [0.2, 0.25) is 5.91 Å². The number of rotatable bonds is 4. The highest BCUT2D eigenvalue weighted by Gasteiger charge is 2.28. The van der Waals surface area contributed by atoms with Gasteiger partial charge in [-0.25, -0.2) is 0 Å². The molecule has 4 nitrogen and oxygen atoms in total. The molecule has 1 aliphatic rings. The van der Waals surface area contributed by atoms with E-state index in [0.717, 1.165) is 32.5 Å². The SMILES string of the molecule is CCN1CCC(N(C)C(=O)C(N)C(C)C)CC1. The van der Waals surface area contributed by atoms with Gasteiger partial charge in [0.25, 0.3) is 0 Å². The van der Waals surface area contributed by atoms with E-state index in [1.54, 1.807) is 0 Å². The Bertz CT molecular complexity index is 247. The second kappa shape index (κ2) is 6.36. The van der Waals surface area contributed by atoms with Crippen LogP contribution in [0.2, 0.25) is 0 Å². The average Bonchev–Trinajstić information content (AvgIpc) is 2.36. The zero-order chi connectivity index (χ0) is 13.0.